The van der Waals surface area contributed by atoms with Crippen LogP contribution in [0.2, 0.25) is 0 Å². The highest BCUT2D eigenvalue weighted by molar-refractivity contribution is 6.21. The molecule has 0 atom stereocenters. The molecule has 0 aliphatic rings. The second-order valence-electron chi connectivity index (χ2n) is 4.74. The second-order valence-corrected chi connectivity index (χ2v) is 5.21. The van der Waals surface area contributed by atoms with Crippen LogP contribution in [0.3, 0.4) is 0 Å². The van der Waals surface area contributed by atoms with Crippen molar-refractivity contribution in [2.45, 2.75) is 11.7 Å². The number of rotatable bonds is 3. The van der Waals surface area contributed by atoms with Crippen molar-refractivity contribution in [1.82, 2.24) is 14.6 Å². The molecule has 0 amide bonds. The molecule has 3 rings (SSSR count). The van der Waals surface area contributed by atoms with Crippen molar-refractivity contribution in [3.63, 3.8) is 0 Å². The van der Waals surface area contributed by atoms with E-state index in [9.17, 15) is 22.0 Å². The summed E-state index contributed by atoms with van der Waals surface area (Å²) in [5.74, 6) is -1.14. The van der Waals surface area contributed by atoms with Gasteiger partial charge in [-0.05, 0) is 47.0 Å². The summed E-state index contributed by atoms with van der Waals surface area (Å²) >= 11 is 4.98. The van der Waals surface area contributed by atoms with E-state index in [0.717, 1.165) is 16.5 Å². The number of hydrogen-bond donors (Lipinski definition) is 0. The minimum atomic E-state index is -4.79. The first-order valence-electron chi connectivity index (χ1n) is 6.42. The predicted molar refractivity (Wildman–Crippen MR) is 74.9 cm³/mol. The zero-order chi connectivity index (χ0) is 17.5. The molecule has 0 saturated heterocycles. The number of halogens is 6. The highest BCUT2D eigenvalue weighted by atomic mass is 35.5. The van der Waals surface area contributed by atoms with Crippen LogP contribution in [-0.4, -0.2) is 21.0 Å². The first-order chi connectivity index (χ1) is 11.1. The van der Waals surface area contributed by atoms with Crippen LogP contribution >= 0.6 is 11.6 Å². The van der Waals surface area contributed by atoms with Crippen molar-refractivity contribution < 1.29 is 26.7 Å². The van der Waals surface area contributed by atoms with Crippen molar-refractivity contribution >= 4 is 17.2 Å². The Labute approximate surface area is 136 Å². The maximum Gasteiger partial charge on any atom is 0.573 e. The van der Waals surface area contributed by atoms with Gasteiger partial charge in [-0.1, -0.05) is 12.1 Å². The maximum atomic E-state index is 13.3. The van der Waals surface area contributed by atoms with Gasteiger partial charge in [-0.15, -0.1) is 23.4 Å². The van der Waals surface area contributed by atoms with Crippen LogP contribution in [0, 0.1) is 0 Å². The van der Waals surface area contributed by atoms with Crippen LogP contribution in [0.25, 0.3) is 16.8 Å². The lowest BCUT2D eigenvalue weighted by Gasteiger charge is -2.10. The number of pyridine rings is 1. The number of alkyl halides is 6. The van der Waals surface area contributed by atoms with Gasteiger partial charge in [0, 0.05) is 6.20 Å². The Morgan fingerprint density at radius 2 is 1.50 bits per heavy atom. The number of hydrogen-bond acceptors (Lipinski definition) is 3. The second kappa shape index (κ2) is 5.59. The maximum absolute atomic E-state index is 13.3. The van der Waals surface area contributed by atoms with E-state index < -0.39 is 17.6 Å². The third kappa shape index (κ3) is 3.40. The van der Waals surface area contributed by atoms with Gasteiger partial charge in [0.25, 0.3) is 0 Å². The Balaban J connectivity index is 1.97. The first kappa shape index (κ1) is 16.4. The van der Waals surface area contributed by atoms with E-state index in [2.05, 4.69) is 14.9 Å². The van der Waals surface area contributed by atoms with Gasteiger partial charge < -0.3 is 4.74 Å². The van der Waals surface area contributed by atoms with Crippen molar-refractivity contribution in [2.75, 3.05) is 0 Å². The van der Waals surface area contributed by atoms with Crippen LogP contribution in [0.1, 0.15) is 5.82 Å². The zero-order valence-corrected chi connectivity index (χ0v) is 12.3. The molecule has 1 aromatic carbocycles. The predicted octanol–water partition coefficient (Wildman–Crippen LogP) is 4.58. The summed E-state index contributed by atoms with van der Waals surface area (Å²) in [5, 5.41) is 3.21. The van der Waals surface area contributed by atoms with Crippen molar-refractivity contribution in [1.29, 1.82) is 0 Å². The van der Waals surface area contributed by atoms with E-state index in [0.29, 0.717) is 11.1 Å². The Morgan fingerprint density at radius 1 is 0.875 bits per heavy atom. The molecular weight excluding hydrogens is 357 g/mol. The van der Waals surface area contributed by atoms with E-state index in [1.807, 2.05) is 0 Å². The van der Waals surface area contributed by atoms with Gasteiger partial charge in [-0.25, -0.2) is 0 Å². The molecule has 0 unspecified atom stereocenters. The highest BCUT2D eigenvalue weighted by Gasteiger charge is 2.34. The number of fused-ring (bicyclic) bond motifs is 1. The van der Waals surface area contributed by atoms with E-state index in [4.69, 9.17) is 11.6 Å². The molecule has 0 spiro atoms. The summed E-state index contributed by atoms with van der Waals surface area (Å²) in [5.41, 5.74) is 1.11. The first-order valence-corrected chi connectivity index (χ1v) is 6.79. The number of benzene rings is 1. The van der Waals surface area contributed by atoms with Crippen LogP contribution in [0.5, 0.6) is 5.75 Å². The van der Waals surface area contributed by atoms with Crippen LogP contribution in [0.15, 0.2) is 42.6 Å². The van der Waals surface area contributed by atoms with Gasteiger partial charge in [-0.2, -0.15) is 8.78 Å². The molecule has 0 saturated carbocycles. The summed E-state index contributed by atoms with van der Waals surface area (Å²) in [6.45, 7) is 0. The molecule has 24 heavy (non-hydrogen) atoms. The van der Waals surface area contributed by atoms with E-state index in [-0.39, 0.29) is 11.4 Å². The number of aromatic nitrogens is 3. The fraction of sp³-hybridized carbons (Fsp3) is 0.143. The van der Waals surface area contributed by atoms with Gasteiger partial charge >= 0.3 is 11.7 Å². The molecule has 0 N–H and O–H groups in total. The molecule has 0 aliphatic carbocycles. The summed E-state index contributed by atoms with van der Waals surface area (Å²) < 4.78 is 67.8. The quantitative estimate of drug-likeness (QED) is 0.505. The van der Waals surface area contributed by atoms with Gasteiger partial charge in [0.2, 0.25) is 5.82 Å². The molecule has 2 heterocycles. The molecule has 0 fully saturated rings. The smallest absolute Gasteiger partial charge is 0.406 e. The third-order valence-electron chi connectivity index (χ3n) is 3.08. The lowest BCUT2D eigenvalue weighted by atomic mass is 10.1. The lowest BCUT2D eigenvalue weighted by Crippen LogP contribution is -2.16. The van der Waals surface area contributed by atoms with Crippen LogP contribution in [0.4, 0.5) is 22.0 Å². The summed E-state index contributed by atoms with van der Waals surface area (Å²) in [7, 11) is 0. The zero-order valence-electron chi connectivity index (χ0n) is 11.6. The normalized spacial score (nSPS) is 12.6. The Kier molecular flexibility index (Phi) is 3.83. The van der Waals surface area contributed by atoms with Gasteiger partial charge in [0.1, 0.15) is 5.75 Å². The summed E-state index contributed by atoms with van der Waals surface area (Å²) in [6.07, 6.45) is -3.47. The minimum absolute atomic E-state index is 0.158. The molecule has 0 aliphatic heterocycles. The van der Waals surface area contributed by atoms with E-state index >= 15 is 0 Å². The van der Waals surface area contributed by atoms with E-state index in [1.54, 1.807) is 6.07 Å². The molecule has 3 aromatic rings. The fourth-order valence-corrected chi connectivity index (χ4v) is 2.23. The molecular formula is C14H7ClF5N3O. The molecule has 0 radical (unpaired) electrons. The Hall–Kier alpha value is -2.42. The number of nitrogens with zero attached hydrogens (tertiary/aromatic N) is 3. The highest BCUT2D eigenvalue weighted by Crippen LogP contribution is 2.32. The van der Waals surface area contributed by atoms with Crippen molar-refractivity contribution in [2.24, 2.45) is 0 Å². The Morgan fingerprint density at radius 3 is 2.08 bits per heavy atom. The topological polar surface area (TPSA) is 39.4 Å². The van der Waals surface area contributed by atoms with Crippen LogP contribution < -0.4 is 4.74 Å². The molecule has 2 aromatic heterocycles. The van der Waals surface area contributed by atoms with Crippen molar-refractivity contribution in [3.05, 3.63) is 48.4 Å². The third-order valence-corrected chi connectivity index (χ3v) is 3.25. The largest absolute Gasteiger partial charge is 0.573 e. The average molecular weight is 364 g/mol. The minimum Gasteiger partial charge on any atom is -0.406 e. The summed E-state index contributed by atoms with van der Waals surface area (Å²) in [4.78, 5) is 0. The van der Waals surface area contributed by atoms with Gasteiger partial charge in [0.05, 0.1) is 0 Å². The fourth-order valence-electron chi connectivity index (χ4n) is 2.10. The van der Waals surface area contributed by atoms with E-state index in [1.165, 1.54) is 24.4 Å². The molecule has 0 bridgehead atoms. The monoisotopic (exact) mass is 363 g/mol. The number of ether oxygens (including phenoxy) is 1. The Bertz CT molecular complexity index is 871. The SMILES string of the molecule is FC(F)(F)Oc1ccc(-c2ccc3nnc(C(F)(F)Cl)n3c2)cc1. The molecule has 126 valence electrons. The van der Waals surface area contributed by atoms with Crippen LogP contribution in [-0.2, 0) is 5.38 Å². The van der Waals surface area contributed by atoms with Gasteiger partial charge in [0.15, 0.2) is 5.65 Å². The lowest BCUT2D eigenvalue weighted by molar-refractivity contribution is -0.274. The average Bonchev–Trinajstić information content (AvgIpc) is 2.89. The summed E-state index contributed by atoms with van der Waals surface area (Å²) in [6, 6.07) is 7.98. The molecule has 4 nitrogen and oxygen atoms in total. The standard InChI is InChI=1S/C14H7ClF5N3O/c15-13(16,17)12-22-21-11-6-3-9(7-23(11)12)8-1-4-10(5-2-8)24-14(18,19)20/h1-7H. The van der Waals surface area contributed by atoms with Crippen molar-refractivity contribution in [3.8, 4) is 16.9 Å². The molecule has 10 heteroatoms. The van der Waals surface area contributed by atoms with Gasteiger partial charge in [-0.3, -0.25) is 4.40 Å².